The lowest BCUT2D eigenvalue weighted by Crippen LogP contribution is -2.35. The van der Waals surface area contributed by atoms with E-state index in [0.717, 1.165) is 23.4 Å². The van der Waals surface area contributed by atoms with Crippen LogP contribution in [0, 0.1) is 5.41 Å². The Morgan fingerprint density at radius 2 is 2.12 bits per heavy atom. The van der Waals surface area contributed by atoms with Crippen LogP contribution in [0.3, 0.4) is 0 Å². The molecule has 1 heterocycles. The van der Waals surface area contributed by atoms with Crippen molar-refractivity contribution in [1.29, 1.82) is 0 Å². The molecule has 1 atom stereocenters. The zero-order valence-electron chi connectivity index (χ0n) is 10.1. The van der Waals surface area contributed by atoms with Crippen molar-refractivity contribution in [1.82, 2.24) is 0 Å². The second kappa shape index (κ2) is 4.75. The van der Waals surface area contributed by atoms with E-state index in [0.29, 0.717) is 6.61 Å². The highest BCUT2D eigenvalue weighted by Crippen LogP contribution is 2.33. The van der Waals surface area contributed by atoms with Crippen molar-refractivity contribution in [3.8, 4) is 5.75 Å². The number of benzene rings is 1. The van der Waals surface area contributed by atoms with E-state index in [-0.39, 0.29) is 12.0 Å². The summed E-state index contributed by atoms with van der Waals surface area (Å²) in [4.78, 5) is 5.16. The smallest absolute Gasteiger partial charge is 0.130 e. The van der Waals surface area contributed by atoms with Crippen LogP contribution in [-0.4, -0.2) is 31.1 Å². The minimum absolute atomic E-state index is 0.0500. The van der Waals surface area contributed by atoms with Crippen molar-refractivity contribution in [3.63, 3.8) is 0 Å². The fourth-order valence-corrected chi connectivity index (χ4v) is 2.00. The predicted molar refractivity (Wildman–Crippen MR) is 65.3 cm³/mol. The summed E-state index contributed by atoms with van der Waals surface area (Å²) in [5, 5.41) is 13.6. The number of oxime groups is 1. The van der Waals surface area contributed by atoms with Crippen LogP contribution in [-0.2, 0) is 4.84 Å². The molecule has 0 amide bonds. The highest BCUT2D eigenvalue weighted by atomic mass is 16.6. The van der Waals surface area contributed by atoms with Crippen LogP contribution in [0.4, 0.5) is 0 Å². The van der Waals surface area contributed by atoms with Crippen LogP contribution < -0.4 is 4.74 Å². The van der Waals surface area contributed by atoms with Gasteiger partial charge in [-0.25, -0.2) is 0 Å². The molecule has 1 aliphatic heterocycles. The molecule has 4 heteroatoms. The van der Waals surface area contributed by atoms with E-state index in [1.807, 2.05) is 31.2 Å². The standard InChI is InChI=1S/C13H17NO3/c1-3-13(8-15)9-17-14-12(13)10-4-6-11(16-2)7-5-10/h4-7,15H,3,8-9H2,1-2H3/t13-/m0/s1. The number of aliphatic hydroxyl groups is 1. The van der Waals surface area contributed by atoms with Gasteiger partial charge in [0.05, 0.1) is 24.8 Å². The Labute approximate surface area is 101 Å². The summed E-state index contributed by atoms with van der Waals surface area (Å²) in [6, 6.07) is 7.64. The van der Waals surface area contributed by atoms with Gasteiger partial charge in [-0.05, 0) is 30.7 Å². The van der Waals surface area contributed by atoms with Crippen LogP contribution in [0.2, 0.25) is 0 Å². The van der Waals surface area contributed by atoms with Gasteiger partial charge in [-0.15, -0.1) is 0 Å². The second-order valence-electron chi connectivity index (χ2n) is 4.23. The number of ether oxygens (including phenoxy) is 1. The summed E-state index contributed by atoms with van der Waals surface area (Å²) in [5.41, 5.74) is 1.43. The van der Waals surface area contributed by atoms with E-state index in [9.17, 15) is 5.11 Å². The maximum atomic E-state index is 9.56. The third kappa shape index (κ3) is 2.00. The van der Waals surface area contributed by atoms with Gasteiger partial charge in [0.1, 0.15) is 12.4 Å². The zero-order valence-corrected chi connectivity index (χ0v) is 10.1. The summed E-state index contributed by atoms with van der Waals surface area (Å²) in [7, 11) is 1.63. The fourth-order valence-electron chi connectivity index (χ4n) is 2.00. The second-order valence-corrected chi connectivity index (χ2v) is 4.23. The lowest BCUT2D eigenvalue weighted by molar-refractivity contribution is 0.0800. The first-order chi connectivity index (χ1) is 8.25. The van der Waals surface area contributed by atoms with Crippen molar-refractivity contribution in [2.45, 2.75) is 13.3 Å². The van der Waals surface area contributed by atoms with Gasteiger partial charge in [-0.1, -0.05) is 12.1 Å². The van der Waals surface area contributed by atoms with E-state index < -0.39 is 0 Å². The largest absolute Gasteiger partial charge is 0.497 e. The first-order valence-corrected chi connectivity index (χ1v) is 5.71. The van der Waals surface area contributed by atoms with Crippen molar-refractivity contribution < 1.29 is 14.7 Å². The number of hydrogen-bond donors (Lipinski definition) is 1. The number of nitrogens with zero attached hydrogens (tertiary/aromatic N) is 1. The fraction of sp³-hybridized carbons (Fsp3) is 0.462. The van der Waals surface area contributed by atoms with Gasteiger partial charge in [0.2, 0.25) is 0 Å². The Morgan fingerprint density at radius 3 is 2.65 bits per heavy atom. The molecular weight excluding hydrogens is 218 g/mol. The Balaban J connectivity index is 2.32. The number of rotatable bonds is 4. The molecular formula is C13H17NO3. The minimum atomic E-state index is -0.366. The highest BCUT2D eigenvalue weighted by molar-refractivity contribution is 6.05. The molecule has 0 bridgehead atoms. The van der Waals surface area contributed by atoms with Crippen molar-refractivity contribution >= 4 is 5.71 Å². The van der Waals surface area contributed by atoms with Crippen LogP contribution in [0.5, 0.6) is 5.75 Å². The molecule has 2 rings (SSSR count). The summed E-state index contributed by atoms with van der Waals surface area (Å²) < 4.78 is 5.12. The average Bonchev–Trinajstić information content (AvgIpc) is 2.83. The molecule has 1 aromatic carbocycles. The first kappa shape index (κ1) is 11.9. The molecule has 1 N–H and O–H groups in total. The quantitative estimate of drug-likeness (QED) is 0.866. The third-order valence-electron chi connectivity index (χ3n) is 3.34. The highest BCUT2D eigenvalue weighted by Gasteiger charge is 2.40. The lowest BCUT2D eigenvalue weighted by atomic mass is 9.79. The molecule has 0 aliphatic carbocycles. The van der Waals surface area contributed by atoms with Gasteiger partial charge in [0.25, 0.3) is 0 Å². The molecule has 4 nitrogen and oxygen atoms in total. The SMILES string of the molecule is CC[C@]1(CO)CON=C1c1ccc(OC)cc1. The summed E-state index contributed by atoms with van der Waals surface area (Å²) in [6.45, 7) is 2.53. The zero-order chi connectivity index (χ0) is 12.3. The van der Waals surface area contributed by atoms with Crippen molar-refractivity contribution in [3.05, 3.63) is 29.8 Å². The normalized spacial score (nSPS) is 23.1. The van der Waals surface area contributed by atoms with E-state index in [4.69, 9.17) is 9.57 Å². The molecule has 0 spiro atoms. The van der Waals surface area contributed by atoms with Crippen LogP contribution in [0.15, 0.2) is 29.4 Å². The van der Waals surface area contributed by atoms with Gasteiger partial charge in [-0.3, -0.25) is 0 Å². The van der Waals surface area contributed by atoms with E-state index in [1.165, 1.54) is 0 Å². The average molecular weight is 235 g/mol. The molecule has 92 valence electrons. The number of methoxy groups -OCH3 is 1. The molecule has 1 aromatic rings. The van der Waals surface area contributed by atoms with Gasteiger partial charge in [0, 0.05) is 5.56 Å². The van der Waals surface area contributed by atoms with Gasteiger partial charge in [-0.2, -0.15) is 0 Å². The molecule has 1 aliphatic rings. The Hall–Kier alpha value is -1.55. The van der Waals surface area contributed by atoms with Crippen LogP contribution in [0.25, 0.3) is 0 Å². The Morgan fingerprint density at radius 1 is 1.41 bits per heavy atom. The topological polar surface area (TPSA) is 51.0 Å². The first-order valence-electron chi connectivity index (χ1n) is 5.71. The maximum Gasteiger partial charge on any atom is 0.130 e. The van der Waals surface area contributed by atoms with Gasteiger partial charge >= 0.3 is 0 Å². The Kier molecular flexibility index (Phi) is 3.33. The van der Waals surface area contributed by atoms with Gasteiger partial charge < -0.3 is 14.7 Å². The van der Waals surface area contributed by atoms with E-state index in [1.54, 1.807) is 7.11 Å². The summed E-state index contributed by atoms with van der Waals surface area (Å²) >= 11 is 0. The molecule has 0 fully saturated rings. The summed E-state index contributed by atoms with van der Waals surface area (Å²) in [5.74, 6) is 0.805. The number of aliphatic hydroxyl groups excluding tert-OH is 1. The minimum Gasteiger partial charge on any atom is -0.497 e. The summed E-state index contributed by atoms with van der Waals surface area (Å²) in [6.07, 6.45) is 0.800. The Bertz CT molecular complexity index is 407. The van der Waals surface area contributed by atoms with Crippen LogP contribution in [0.1, 0.15) is 18.9 Å². The molecule has 0 unspecified atom stereocenters. The van der Waals surface area contributed by atoms with Crippen molar-refractivity contribution in [2.24, 2.45) is 10.6 Å². The molecule has 0 radical (unpaired) electrons. The third-order valence-corrected chi connectivity index (χ3v) is 3.34. The maximum absolute atomic E-state index is 9.56. The predicted octanol–water partition coefficient (Wildman–Crippen LogP) is 1.82. The van der Waals surface area contributed by atoms with Gasteiger partial charge in [0.15, 0.2) is 0 Å². The van der Waals surface area contributed by atoms with E-state index in [2.05, 4.69) is 5.16 Å². The van der Waals surface area contributed by atoms with E-state index >= 15 is 0 Å². The van der Waals surface area contributed by atoms with Crippen molar-refractivity contribution in [2.75, 3.05) is 20.3 Å². The number of hydrogen-bond acceptors (Lipinski definition) is 4. The molecule has 0 saturated carbocycles. The lowest BCUT2D eigenvalue weighted by Gasteiger charge is -2.24. The molecule has 0 aromatic heterocycles. The van der Waals surface area contributed by atoms with Crippen LogP contribution >= 0.6 is 0 Å². The monoisotopic (exact) mass is 235 g/mol. The molecule has 0 saturated heterocycles. The molecule has 17 heavy (non-hydrogen) atoms.